The number of hydrogen-bond donors (Lipinski definition) is 0. The molecule has 56 heavy (non-hydrogen) atoms. The van der Waals surface area contributed by atoms with Crippen LogP contribution < -0.4 is 0 Å². The molecule has 1 heteroatoms. The van der Waals surface area contributed by atoms with E-state index in [0.717, 1.165) is 76.9 Å². The molecule has 0 nitrogen and oxygen atoms in total. The monoisotopic (exact) mass is 777 g/mol. The summed E-state index contributed by atoms with van der Waals surface area (Å²) in [7, 11) is 0. The van der Waals surface area contributed by atoms with Crippen LogP contribution >= 0.6 is 0 Å². The fourth-order valence-corrected chi connectivity index (χ4v) is 16.1. The Labute approximate surface area is 350 Å². The lowest BCUT2D eigenvalue weighted by Crippen LogP contribution is -2.44. The second kappa shape index (κ2) is 17.4. The molecule has 0 bridgehead atoms. The van der Waals surface area contributed by atoms with Gasteiger partial charge in [0.25, 0.3) is 0 Å². The average Bonchev–Trinajstić information content (AvgIpc) is 4.07. The predicted octanol–water partition coefficient (Wildman–Crippen LogP) is 17.2. The van der Waals surface area contributed by atoms with Crippen LogP contribution in [0.4, 0.5) is 4.39 Å². The first-order valence-corrected chi connectivity index (χ1v) is 26.1. The van der Waals surface area contributed by atoms with Gasteiger partial charge in [-0.2, -0.15) is 0 Å². The Hall–Kier alpha value is -0.0700. The van der Waals surface area contributed by atoms with Crippen LogP contribution in [0.1, 0.15) is 230 Å². The third-order valence-corrected chi connectivity index (χ3v) is 21.0. The predicted molar refractivity (Wildman–Crippen MR) is 240 cm³/mol. The van der Waals surface area contributed by atoms with Crippen LogP contribution in [0.3, 0.4) is 0 Å². The topological polar surface area (TPSA) is 0 Å². The molecule has 0 amide bonds. The van der Waals surface area contributed by atoms with Gasteiger partial charge in [0.15, 0.2) is 0 Å². The number of hydrogen-bond acceptors (Lipinski definition) is 0. The first-order chi connectivity index (χ1) is 26.4. The molecule has 7 rings (SSSR count). The Bertz CT molecular complexity index is 1230. The Morgan fingerprint density at radius 3 is 1.75 bits per heavy atom. The zero-order chi connectivity index (χ0) is 40.2. The van der Waals surface area contributed by atoms with Gasteiger partial charge >= 0.3 is 0 Å². The van der Waals surface area contributed by atoms with E-state index >= 15 is 4.39 Å². The van der Waals surface area contributed by atoms with E-state index in [1.54, 1.807) is 0 Å². The molecule has 0 heterocycles. The van der Waals surface area contributed by atoms with E-state index in [1.807, 2.05) is 13.8 Å². The fourth-order valence-electron chi connectivity index (χ4n) is 16.1. The highest BCUT2D eigenvalue weighted by Crippen LogP contribution is 2.74. The summed E-state index contributed by atoms with van der Waals surface area (Å²) < 4.78 is 15.9. The summed E-state index contributed by atoms with van der Waals surface area (Å²) in [6.07, 6.45) is 35.3. The maximum absolute atomic E-state index is 15.9. The van der Waals surface area contributed by atoms with Crippen molar-refractivity contribution in [3.63, 3.8) is 0 Å². The third kappa shape index (κ3) is 10.00. The third-order valence-electron chi connectivity index (χ3n) is 21.0. The molecule has 7 aliphatic rings. The standard InChI is InChI=1S/C55H97F/c1-36(2)46-19-16-43(32-46)30-39(5)38(4)24-26-52(8,9)27-25-50(45-20-21-45)44-17-14-42(15-18-44)31-47-33-48(34-54(28-29-54)49-22-12-37(3)13-23-49)41(7)55(40(47)6)35-51(55)53(10,11)56/h36-51H,12-35H2,1-11H3. The Morgan fingerprint density at radius 1 is 0.625 bits per heavy atom. The molecule has 1 spiro atoms. The van der Waals surface area contributed by atoms with Crippen molar-refractivity contribution in [1.29, 1.82) is 0 Å². The average molecular weight is 777 g/mol. The minimum atomic E-state index is -1.03. The summed E-state index contributed by atoms with van der Waals surface area (Å²) in [5, 5.41) is 0. The van der Waals surface area contributed by atoms with E-state index in [9.17, 15) is 0 Å². The first-order valence-electron chi connectivity index (χ1n) is 26.1. The second-order valence-electron chi connectivity index (χ2n) is 25.9. The van der Waals surface area contributed by atoms with E-state index in [-0.39, 0.29) is 11.3 Å². The second-order valence-corrected chi connectivity index (χ2v) is 25.9. The number of rotatable bonds is 18. The van der Waals surface area contributed by atoms with Crippen molar-refractivity contribution in [2.24, 2.45) is 111 Å². The van der Waals surface area contributed by atoms with Crippen LogP contribution in [0.25, 0.3) is 0 Å². The van der Waals surface area contributed by atoms with Crippen molar-refractivity contribution in [2.45, 2.75) is 236 Å². The van der Waals surface area contributed by atoms with Crippen molar-refractivity contribution in [1.82, 2.24) is 0 Å². The molecule has 11 atom stereocenters. The summed E-state index contributed by atoms with van der Waals surface area (Å²) in [5.41, 5.74) is 0.388. The normalized spacial score (nSPS) is 41.8. The lowest BCUT2D eigenvalue weighted by atomic mass is 9.55. The maximum Gasteiger partial charge on any atom is 0.108 e. The van der Waals surface area contributed by atoms with E-state index in [2.05, 4.69) is 62.3 Å². The van der Waals surface area contributed by atoms with Crippen molar-refractivity contribution < 1.29 is 4.39 Å². The lowest BCUT2D eigenvalue weighted by Gasteiger charge is -2.50. The van der Waals surface area contributed by atoms with Gasteiger partial charge in [0.05, 0.1) is 0 Å². The molecular formula is C55H97F. The Morgan fingerprint density at radius 2 is 1.20 bits per heavy atom. The Kier molecular flexibility index (Phi) is 13.6. The first kappa shape index (κ1) is 44.0. The number of alkyl halides is 1. The summed E-state index contributed by atoms with van der Waals surface area (Å²) in [4.78, 5) is 0. The fraction of sp³-hybridized carbons (Fsp3) is 1.00. The molecule has 324 valence electrons. The van der Waals surface area contributed by atoms with Gasteiger partial charge in [-0.15, -0.1) is 0 Å². The molecule has 7 saturated carbocycles. The van der Waals surface area contributed by atoms with Gasteiger partial charge < -0.3 is 0 Å². The van der Waals surface area contributed by atoms with E-state index in [4.69, 9.17) is 0 Å². The Balaban J connectivity index is 0.900. The van der Waals surface area contributed by atoms with Gasteiger partial charge in [-0.3, -0.25) is 0 Å². The zero-order valence-electron chi connectivity index (χ0n) is 39.6. The molecule has 0 radical (unpaired) electrons. The molecule has 0 aromatic rings. The van der Waals surface area contributed by atoms with Crippen molar-refractivity contribution in [3.05, 3.63) is 0 Å². The van der Waals surface area contributed by atoms with Crippen LogP contribution in [0.2, 0.25) is 0 Å². The minimum absolute atomic E-state index is 0.271. The van der Waals surface area contributed by atoms with Crippen molar-refractivity contribution >= 4 is 0 Å². The van der Waals surface area contributed by atoms with Crippen LogP contribution in [0.15, 0.2) is 0 Å². The van der Waals surface area contributed by atoms with Gasteiger partial charge in [0.1, 0.15) is 5.67 Å². The summed E-state index contributed by atoms with van der Waals surface area (Å²) in [6.45, 7) is 26.9. The molecular weight excluding hydrogens is 680 g/mol. The van der Waals surface area contributed by atoms with Gasteiger partial charge in [-0.25, -0.2) is 4.39 Å². The largest absolute Gasteiger partial charge is 0.244 e. The maximum atomic E-state index is 15.9. The van der Waals surface area contributed by atoms with Crippen LogP contribution in [0, 0.1) is 111 Å². The molecule has 0 aromatic heterocycles. The smallest absolute Gasteiger partial charge is 0.108 e. The van der Waals surface area contributed by atoms with Crippen molar-refractivity contribution in [2.75, 3.05) is 0 Å². The van der Waals surface area contributed by atoms with Crippen LogP contribution in [0.5, 0.6) is 0 Å². The van der Waals surface area contributed by atoms with Crippen LogP contribution in [-0.4, -0.2) is 5.67 Å². The van der Waals surface area contributed by atoms with Crippen LogP contribution in [-0.2, 0) is 0 Å². The quantitative estimate of drug-likeness (QED) is 0.130. The van der Waals surface area contributed by atoms with Gasteiger partial charge in [-0.05, 0) is 247 Å². The van der Waals surface area contributed by atoms with Gasteiger partial charge in [0, 0.05) is 0 Å². The van der Waals surface area contributed by atoms with Crippen molar-refractivity contribution in [3.8, 4) is 0 Å². The lowest BCUT2D eigenvalue weighted by molar-refractivity contribution is -0.0245. The summed E-state index contributed by atoms with van der Waals surface area (Å²) >= 11 is 0. The van der Waals surface area contributed by atoms with Gasteiger partial charge in [0.2, 0.25) is 0 Å². The molecule has 0 aliphatic heterocycles. The van der Waals surface area contributed by atoms with Gasteiger partial charge in [-0.1, -0.05) is 94.4 Å². The summed E-state index contributed by atoms with van der Waals surface area (Å²) in [5.74, 6) is 13.9. The molecule has 7 fully saturated rings. The highest BCUT2D eigenvalue weighted by molar-refractivity contribution is 5.18. The SMILES string of the molecule is CC1CCC(C2(CC3CC(CC4CCC(C(CCC(C)(C)CCC(C)C(C)CC5CCC(C(C)C)C5)C5CC5)CC4)C(C)C4(CC4C(C)(C)F)C3C)CC2)CC1. The highest BCUT2D eigenvalue weighted by atomic mass is 19.1. The summed E-state index contributed by atoms with van der Waals surface area (Å²) in [6, 6.07) is 0. The zero-order valence-corrected chi connectivity index (χ0v) is 39.6. The molecule has 0 aromatic carbocycles. The van der Waals surface area contributed by atoms with E-state index < -0.39 is 5.67 Å². The highest BCUT2D eigenvalue weighted by Gasteiger charge is 2.70. The minimum Gasteiger partial charge on any atom is -0.244 e. The molecule has 0 saturated heterocycles. The van der Waals surface area contributed by atoms with E-state index in [1.165, 1.54) is 154 Å². The molecule has 7 aliphatic carbocycles. The molecule has 0 N–H and O–H groups in total. The van der Waals surface area contributed by atoms with E-state index in [0.29, 0.717) is 22.7 Å². The number of halogens is 1. The molecule has 11 unspecified atom stereocenters.